The predicted octanol–water partition coefficient (Wildman–Crippen LogP) is 3.31. The molecule has 1 aromatic carbocycles. The van der Waals surface area contributed by atoms with Crippen LogP contribution in [-0.2, 0) is 4.74 Å². The van der Waals surface area contributed by atoms with Crippen LogP contribution in [0.25, 0.3) is 0 Å². The van der Waals surface area contributed by atoms with Crippen molar-refractivity contribution in [1.82, 2.24) is 0 Å². The average molecular weight is 301 g/mol. The molecule has 3 nitrogen and oxygen atoms in total. The number of carbonyl (C=O) groups excluding carboxylic acids is 1. The number of carbonyl (C=O) groups is 1. The van der Waals surface area contributed by atoms with Gasteiger partial charge in [0.05, 0.1) is 11.6 Å². The first-order chi connectivity index (χ1) is 8.04. The van der Waals surface area contributed by atoms with E-state index >= 15 is 0 Å². The molecule has 0 aliphatic rings. The van der Waals surface area contributed by atoms with E-state index in [1.54, 1.807) is 25.3 Å². The molecular formula is C13H17BrO3. The van der Waals surface area contributed by atoms with E-state index in [9.17, 15) is 4.79 Å². The molecule has 0 aromatic heterocycles. The van der Waals surface area contributed by atoms with Crippen molar-refractivity contribution >= 4 is 21.7 Å². The maximum Gasteiger partial charge on any atom is 0.188 e. The number of hydrogen-bond donors (Lipinski definition) is 0. The Balaban J connectivity index is 2.60. The van der Waals surface area contributed by atoms with Crippen LogP contribution in [0, 0.1) is 5.92 Å². The molecule has 0 heterocycles. The van der Waals surface area contributed by atoms with E-state index in [0.717, 1.165) is 4.47 Å². The Labute approximate surface area is 110 Å². The summed E-state index contributed by atoms with van der Waals surface area (Å²) in [5, 5.41) is 0. The summed E-state index contributed by atoms with van der Waals surface area (Å²) in [6.07, 6.45) is 0. The highest BCUT2D eigenvalue weighted by Gasteiger charge is 2.09. The summed E-state index contributed by atoms with van der Waals surface area (Å²) >= 11 is 3.35. The van der Waals surface area contributed by atoms with E-state index in [1.165, 1.54) is 0 Å². The van der Waals surface area contributed by atoms with Crippen LogP contribution in [-0.4, -0.2) is 26.1 Å². The van der Waals surface area contributed by atoms with E-state index in [1.807, 2.05) is 0 Å². The van der Waals surface area contributed by atoms with Crippen LogP contribution in [0.2, 0.25) is 0 Å². The Hall–Kier alpha value is -0.870. The van der Waals surface area contributed by atoms with Gasteiger partial charge in [-0.25, -0.2) is 0 Å². The van der Waals surface area contributed by atoms with Gasteiger partial charge in [0, 0.05) is 12.2 Å². The summed E-state index contributed by atoms with van der Waals surface area (Å²) < 4.78 is 11.2. The topological polar surface area (TPSA) is 35.5 Å². The Morgan fingerprint density at radius 2 is 2.12 bits per heavy atom. The maximum atomic E-state index is 11.8. The summed E-state index contributed by atoms with van der Waals surface area (Å²) in [6, 6.07) is 5.25. The van der Waals surface area contributed by atoms with E-state index < -0.39 is 0 Å². The summed E-state index contributed by atoms with van der Waals surface area (Å²) in [4.78, 5) is 11.8. The van der Waals surface area contributed by atoms with E-state index in [-0.39, 0.29) is 12.4 Å². The van der Waals surface area contributed by atoms with Gasteiger partial charge >= 0.3 is 0 Å². The minimum Gasteiger partial charge on any atom is -0.496 e. The molecule has 0 aliphatic heterocycles. The molecule has 0 spiro atoms. The standard InChI is InChI=1S/C13H17BrO3/c1-9(2)7-17-8-12(15)10-4-5-13(16-3)11(14)6-10/h4-6,9H,7-8H2,1-3H3. The van der Waals surface area contributed by atoms with Crippen LogP contribution in [0.5, 0.6) is 5.75 Å². The number of halogens is 1. The number of rotatable bonds is 6. The molecule has 17 heavy (non-hydrogen) atoms. The summed E-state index contributed by atoms with van der Waals surface area (Å²) in [6.45, 7) is 4.82. The lowest BCUT2D eigenvalue weighted by Crippen LogP contribution is -2.12. The molecule has 0 unspecified atom stereocenters. The zero-order valence-corrected chi connectivity index (χ0v) is 11.9. The molecule has 0 aliphatic carbocycles. The molecule has 1 aromatic rings. The van der Waals surface area contributed by atoms with E-state index in [0.29, 0.717) is 23.8 Å². The molecule has 0 atom stereocenters. The lowest BCUT2D eigenvalue weighted by Gasteiger charge is -2.08. The number of ether oxygens (including phenoxy) is 2. The lowest BCUT2D eigenvalue weighted by molar-refractivity contribution is 0.0705. The van der Waals surface area contributed by atoms with Gasteiger partial charge < -0.3 is 9.47 Å². The van der Waals surface area contributed by atoms with Crippen molar-refractivity contribution in [3.8, 4) is 5.75 Å². The maximum absolute atomic E-state index is 11.8. The van der Waals surface area contributed by atoms with Crippen molar-refractivity contribution < 1.29 is 14.3 Å². The van der Waals surface area contributed by atoms with Gasteiger partial charge in [0.1, 0.15) is 12.4 Å². The molecule has 4 heteroatoms. The zero-order valence-electron chi connectivity index (χ0n) is 10.3. The van der Waals surface area contributed by atoms with Gasteiger partial charge in [0.25, 0.3) is 0 Å². The molecule has 0 radical (unpaired) electrons. The van der Waals surface area contributed by atoms with Crippen LogP contribution in [0.1, 0.15) is 24.2 Å². The number of hydrogen-bond acceptors (Lipinski definition) is 3. The van der Waals surface area contributed by atoms with E-state index in [2.05, 4.69) is 29.8 Å². The molecule has 0 saturated carbocycles. The minimum atomic E-state index is -0.0194. The van der Waals surface area contributed by atoms with Crippen molar-refractivity contribution in [2.45, 2.75) is 13.8 Å². The van der Waals surface area contributed by atoms with Crippen molar-refractivity contribution in [1.29, 1.82) is 0 Å². The quantitative estimate of drug-likeness (QED) is 0.756. The van der Waals surface area contributed by atoms with Crippen LogP contribution >= 0.6 is 15.9 Å². The number of ketones is 1. The third kappa shape index (κ3) is 4.48. The van der Waals surface area contributed by atoms with E-state index in [4.69, 9.17) is 9.47 Å². The van der Waals surface area contributed by atoms with Crippen LogP contribution in [0.4, 0.5) is 0 Å². The van der Waals surface area contributed by atoms with Gasteiger partial charge in [0.15, 0.2) is 5.78 Å². The van der Waals surface area contributed by atoms with Gasteiger partial charge in [-0.15, -0.1) is 0 Å². The predicted molar refractivity (Wildman–Crippen MR) is 70.7 cm³/mol. The number of Topliss-reactive ketones (excluding diaryl/α,β-unsaturated/α-hetero) is 1. The molecule has 0 saturated heterocycles. The van der Waals surface area contributed by atoms with Crippen molar-refractivity contribution in [2.24, 2.45) is 5.92 Å². The largest absolute Gasteiger partial charge is 0.496 e. The summed E-state index contributed by atoms with van der Waals surface area (Å²) in [7, 11) is 1.59. The zero-order chi connectivity index (χ0) is 12.8. The van der Waals surface area contributed by atoms with Gasteiger partial charge in [0.2, 0.25) is 0 Å². The first kappa shape index (κ1) is 14.2. The molecule has 0 fully saturated rings. The molecule has 0 N–H and O–H groups in total. The molecule has 1 rings (SSSR count). The van der Waals surface area contributed by atoms with Crippen LogP contribution in [0.15, 0.2) is 22.7 Å². The minimum absolute atomic E-state index is 0.0194. The fourth-order valence-electron chi connectivity index (χ4n) is 1.31. The highest BCUT2D eigenvalue weighted by molar-refractivity contribution is 9.10. The van der Waals surface area contributed by atoms with Crippen molar-refractivity contribution in [3.05, 3.63) is 28.2 Å². The Bertz CT molecular complexity index is 388. The lowest BCUT2D eigenvalue weighted by atomic mass is 10.1. The fourth-order valence-corrected chi connectivity index (χ4v) is 1.85. The third-order valence-electron chi connectivity index (χ3n) is 2.16. The first-order valence-electron chi connectivity index (χ1n) is 5.49. The van der Waals surface area contributed by atoms with Gasteiger partial charge in [-0.05, 0) is 40.0 Å². The van der Waals surface area contributed by atoms with Crippen LogP contribution < -0.4 is 4.74 Å². The molecule has 94 valence electrons. The molecule has 0 amide bonds. The summed E-state index contributed by atoms with van der Waals surface area (Å²) in [5.74, 6) is 1.13. The second-order valence-electron chi connectivity index (χ2n) is 4.18. The van der Waals surface area contributed by atoms with Crippen molar-refractivity contribution in [3.63, 3.8) is 0 Å². The number of methoxy groups -OCH3 is 1. The van der Waals surface area contributed by atoms with Gasteiger partial charge in [-0.2, -0.15) is 0 Å². The second-order valence-corrected chi connectivity index (χ2v) is 5.04. The highest BCUT2D eigenvalue weighted by Crippen LogP contribution is 2.25. The fraction of sp³-hybridized carbons (Fsp3) is 0.462. The second kappa shape index (κ2) is 6.77. The average Bonchev–Trinajstić information content (AvgIpc) is 2.28. The monoisotopic (exact) mass is 300 g/mol. The highest BCUT2D eigenvalue weighted by atomic mass is 79.9. The Kier molecular flexibility index (Phi) is 5.65. The number of benzene rings is 1. The third-order valence-corrected chi connectivity index (χ3v) is 2.78. The van der Waals surface area contributed by atoms with Gasteiger partial charge in [-0.3, -0.25) is 4.79 Å². The normalized spacial score (nSPS) is 10.6. The SMILES string of the molecule is COc1ccc(C(=O)COCC(C)C)cc1Br. The first-order valence-corrected chi connectivity index (χ1v) is 6.28. The van der Waals surface area contributed by atoms with Gasteiger partial charge in [-0.1, -0.05) is 13.8 Å². The van der Waals surface area contributed by atoms with Crippen molar-refractivity contribution in [2.75, 3.05) is 20.3 Å². The Morgan fingerprint density at radius 1 is 1.41 bits per heavy atom. The summed E-state index contributed by atoms with van der Waals surface area (Å²) in [5.41, 5.74) is 0.626. The molecule has 0 bridgehead atoms. The Morgan fingerprint density at radius 3 is 2.65 bits per heavy atom. The molecular weight excluding hydrogens is 284 g/mol. The smallest absolute Gasteiger partial charge is 0.188 e. The van der Waals surface area contributed by atoms with Crippen LogP contribution in [0.3, 0.4) is 0 Å².